The number of benzene rings is 1. The number of nitrogens with two attached hydrogens (primary N) is 1. The van der Waals surface area contributed by atoms with Crippen LogP contribution in [0, 0.1) is 17.1 Å². The lowest BCUT2D eigenvalue weighted by Crippen LogP contribution is -2.41. The molecule has 5 N–H and O–H groups in total. The lowest BCUT2D eigenvalue weighted by molar-refractivity contribution is -0.137. The fourth-order valence-corrected chi connectivity index (χ4v) is 8.00. The second-order valence-corrected chi connectivity index (χ2v) is 16.9. The van der Waals surface area contributed by atoms with E-state index in [0.717, 1.165) is 37.8 Å². The number of ether oxygens (including phenoxy) is 3. The quantitative estimate of drug-likeness (QED) is 0.0295. The largest absolute Gasteiger partial charge is 0.472 e. The van der Waals surface area contributed by atoms with Gasteiger partial charge in [-0.05, 0) is 48.4 Å². The minimum Gasteiger partial charge on any atom is -0.397 e. The molecule has 6 atom stereocenters. The summed E-state index contributed by atoms with van der Waals surface area (Å²) in [6, 6.07) is 8.38. The number of hydrogen-bond donors (Lipinski definition) is 4. The molecule has 0 spiro atoms. The Bertz CT molecular complexity index is 1830. The first kappa shape index (κ1) is 49.5. The first-order chi connectivity index (χ1) is 28.7. The Kier molecular flexibility index (Phi) is 20.2. The number of aromatic nitrogens is 2. The Morgan fingerprint density at radius 2 is 1.55 bits per heavy atom. The number of nitrogen functional groups attached to an aromatic ring is 1. The standard InChI is InChI=1S/C42H61F4N4O9P/c1-2-3-4-5-6-7-8-9-10-11-12-13-14-15-16-17-22-55-27-34(56-26-31-23-32(42(44,45)46)25-33(43)24-31)28-57-60(53,54)58-29-37-39(51)40(52)41(30-47,59-37)38-19-18-36-35(48)20-21-49-50(36)38/h18-21,23-25,34,37,39-40,51-52H,2-17,22,26-29,48H2,1H3,(H,53,54)/t34-,37-,39-,40-,41+/m1/s1. The van der Waals surface area contributed by atoms with Crippen LogP contribution >= 0.6 is 7.82 Å². The maximum Gasteiger partial charge on any atom is 0.472 e. The van der Waals surface area contributed by atoms with Crippen molar-refractivity contribution in [2.75, 3.05) is 32.2 Å². The zero-order chi connectivity index (χ0) is 43.6. The van der Waals surface area contributed by atoms with Crippen molar-refractivity contribution < 1.29 is 60.5 Å². The molecule has 3 aromatic rings. The van der Waals surface area contributed by atoms with Crippen LogP contribution in [-0.2, 0) is 46.2 Å². The van der Waals surface area contributed by atoms with Crippen molar-refractivity contribution in [3.05, 3.63) is 65.2 Å². The second kappa shape index (κ2) is 24.5. The molecule has 2 aromatic heterocycles. The average molecular weight is 873 g/mol. The van der Waals surface area contributed by atoms with Gasteiger partial charge in [0.1, 0.15) is 36.3 Å². The molecule has 4 rings (SSSR count). The van der Waals surface area contributed by atoms with Crippen molar-refractivity contribution in [3.8, 4) is 6.07 Å². The minimum atomic E-state index is -4.95. The third-order valence-electron chi connectivity index (χ3n) is 10.6. The maximum atomic E-state index is 14.1. The first-order valence-corrected chi connectivity index (χ1v) is 22.6. The van der Waals surface area contributed by atoms with Gasteiger partial charge in [0.05, 0.1) is 48.9 Å². The highest BCUT2D eigenvalue weighted by molar-refractivity contribution is 7.47. The van der Waals surface area contributed by atoms with Gasteiger partial charge in [-0.2, -0.15) is 23.5 Å². The van der Waals surface area contributed by atoms with Crippen LogP contribution in [0.1, 0.15) is 126 Å². The predicted octanol–water partition coefficient (Wildman–Crippen LogP) is 8.91. The monoisotopic (exact) mass is 872 g/mol. The highest BCUT2D eigenvalue weighted by atomic mass is 31.2. The lowest BCUT2D eigenvalue weighted by Gasteiger charge is -2.24. The molecule has 336 valence electrons. The van der Waals surface area contributed by atoms with E-state index in [1.165, 1.54) is 99.9 Å². The summed E-state index contributed by atoms with van der Waals surface area (Å²) < 4.78 is 95.7. The number of phosphoric ester groups is 1. The Labute approximate surface area is 349 Å². The molecule has 0 radical (unpaired) electrons. The molecule has 1 aliphatic rings. The topological polar surface area (TPSA) is 191 Å². The Morgan fingerprint density at radius 3 is 2.15 bits per heavy atom. The van der Waals surface area contributed by atoms with Gasteiger partial charge >= 0.3 is 14.0 Å². The van der Waals surface area contributed by atoms with E-state index < -0.39 is 75.2 Å². The molecule has 1 saturated heterocycles. The van der Waals surface area contributed by atoms with Crippen LogP contribution in [0.4, 0.5) is 23.2 Å². The summed E-state index contributed by atoms with van der Waals surface area (Å²) in [5.74, 6) is -1.11. The van der Waals surface area contributed by atoms with E-state index in [1.54, 1.807) is 6.07 Å². The number of anilines is 1. The number of alkyl halides is 3. The van der Waals surface area contributed by atoms with E-state index in [9.17, 15) is 42.5 Å². The lowest BCUT2D eigenvalue weighted by atomic mass is 9.92. The van der Waals surface area contributed by atoms with Crippen LogP contribution in [0.2, 0.25) is 0 Å². The molecule has 1 fully saturated rings. The van der Waals surface area contributed by atoms with Gasteiger partial charge in [0.2, 0.25) is 5.60 Å². The van der Waals surface area contributed by atoms with E-state index >= 15 is 0 Å². The number of aliphatic hydroxyl groups is 2. The summed E-state index contributed by atoms with van der Waals surface area (Å²) in [5.41, 5.74) is 3.28. The van der Waals surface area contributed by atoms with Gasteiger partial charge in [0.15, 0.2) is 0 Å². The SMILES string of the molecule is CCCCCCCCCCCCCCCCCCOC[C@H](COP(=O)(O)OC[C@H]1O[C@@](C#N)(c2ccc3c(N)ccnn23)[C@H](O)[C@@H]1O)OCc1cc(F)cc(C(F)(F)F)c1. The zero-order valence-corrected chi connectivity index (χ0v) is 35.3. The number of unbranched alkanes of at least 4 members (excludes halogenated alkanes) is 15. The molecule has 0 bridgehead atoms. The molecule has 1 aromatic carbocycles. The van der Waals surface area contributed by atoms with Crippen molar-refractivity contribution in [1.82, 2.24) is 9.61 Å². The number of halogens is 4. The molecule has 0 aliphatic carbocycles. The van der Waals surface area contributed by atoms with Crippen LogP contribution in [0.25, 0.3) is 5.52 Å². The van der Waals surface area contributed by atoms with Gasteiger partial charge in [-0.25, -0.2) is 13.5 Å². The van der Waals surface area contributed by atoms with Crippen molar-refractivity contribution in [3.63, 3.8) is 0 Å². The van der Waals surface area contributed by atoms with Crippen LogP contribution in [-0.4, -0.2) is 75.6 Å². The van der Waals surface area contributed by atoms with Gasteiger partial charge in [-0.15, -0.1) is 0 Å². The molecule has 0 amide bonds. The van der Waals surface area contributed by atoms with E-state index in [-0.39, 0.29) is 17.9 Å². The second-order valence-electron chi connectivity index (χ2n) is 15.5. The molecule has 1 aliphatic heterocycles. The van der Waals surface area contributed by atoms with Crippen LogP contribution in [0.15, 0.2) is 42.6 Å². The molecule has 3 heterocycles. The zero-order valence-electron chi connectivity index (χ0n) is 34.4. The molecule has 0 saturated carbocycles. The van der Waals surface area contributed by atoms with Gasteiger partial charge in [-0.3, -0.25) is 9.05 Å². The number of phosphoric acid groups is 1. The summed E-state index contributed by atoms with van der Waals surface area (Å²) >= 11 is 0. The predicted molar refractivity (Wildman–Crippen MR) is 216 cm³/mol. The third kappa shape index (κ3) is 15.0. The summed E-state index contributed by atoms with van der Waals surface area (Å²) in [7, 11) is -4.95. The number of rotatable bonds is 29. The molecule has 1 unspecified atom stereocenters. The number of aliphatic hydroxyl groups excluding tert-OH is 2. The van der Waals surface area contributed by atoms with Gasteiger partial charge in [0.25, 0.3) is 0 Å². The molecular formula is C42H61F4N4O9P. The van der Waals surface area contributed by atoms with Crippen molar-refractivity contribution >= 4 is 19.0 Å². The van der Waals surface area contributed by atoms with Crippen molar-refractivity contribution in [1.29, 1.82) is 5.26 Å². The normalized spacial score (nSPS) is 21.0. The number of nitriles is 1. The summed E-state index contributed by atoms with van der Waals surface area (Å²) in [6.07, 6.45) is 9.76. The smallest absolute Gasteiger partial charge is 0.397 e. The Balaban J connectivity index is 1.23. The number of hydrogen-bond acceptors (Lipinski definition) is 11. The highest BCUT2D eigenvalue weighted by Crippen LogP contribution is 2.46. The van der Waals surface area contributed by atoms with Gasteiger partial charge in [-0.1, -0.05) is 103 Å². The van der Waals surface area contributed by atoms with Gasteiger partial charge in [0, 0.05) is 12.8 Å². The third-order valence-corrected chi connectivity index (χ3v) is 11.6. The molecular weight excluding hydrogens is 811 g/mol. The van der Waals surface area contributed by atoms with E-state index in [0.29, 0.717) is 23.9 Å². The summed E-state index contributed by atoms with van der Waals surface area (Å²) in [5, 5.41) is 36.1. The highest BCUT2D eigenvalue weighted by Gasteiger charge is 2.58. The van der Waals surface area contributed by atoms with Gasteiger partial charge < -0.3 is 35.1 Å². The Morgan fingerprint density at radius 1 is 0.933 bits per heavy atom. The van der Waals surface area contributed by atoms with E-state index in [4.69, 9.17) is 29.0 Å². The minimum absolute atomic E-state index is 0.0463. The van der Waals surface area contributed by atoms with Crippen LogP contribution in [0.5, 0.6) is 0 Å². The fraction of sp³-hybridized carbons (Fsp3) is 0.667. The molecule has 60 heavy (non-hydrogen) atoms. The summed E-state index contributed by atoms with van der Waals surface area (Å²) in [6.45, 7) is 0.444. The number of nitrogens with zero attached hydrogens (tertiary/aromatic N) is 3. The number of fused-ring (bicyclic) bond motifs is 1. The van der Waals surface area contributed by atoms with E-state index in [1.807, 2.05) is 6.07 Å². The van der Waals surface area contributed by atoms with Crippen LogP contribution < -0.4 is 5.73 Å². The average Bonchev–Trinajstić information content (AvgIpc) is 3.76. The van der Waals surface area contributed by atoms with Crippen molar-refractivity contribution in [2.24, 2.45) is 0 Å². The van der Waals surface area contributed by atoms with E-state index in [2.05, 4.69) is 12.0 Å². The first-order valence-electron chi connectivity index (χ1n) is 21.1. The fourth-order valence-electron chi connectivity index (χ4n) is 7.24. The molecule has 13 nitrogen and oxygen atoms in total. The molecule has 18 heteroatoms. The Hall–Kier alpha value is -3.17. The van der Waals surface area contributed by atoms with Crippen LogP contribution in [0.3, 0.4) is 0 Å². The summed E-state index contributed by atoms with van der Waals surface area (Å²) in [4.78, 5) is 10.5. The van der Waals surface area contributed by atoms with Crippen molar-refractivity contribution in [2.45, 2.75) is 152 Å². The maximum absolute atomic E-state index is 14.1.